The van der Waals surface area contributed by atoms with Gasteiger partial charge in [0.2, 0.25) is 5.89 Å². The fraction of sp³-hybridized carbons (Fsp3) is 0.231. The van der Waals surface area contributed by atoms with Crippen molar-refractivity contribution in [3.63, 3.8) is 0 Å². The Morgan fingerprint density at radius 2 is 2.00 bits per heavy atom. The van der Waals surface area contributed by atoms with E-state index in [0.29, 0.717) is 17.2 Å². The molecule has 0 aliphatic carbocycles. The number of amides is 1. The van der Waals surface area contributed by atoms with Crippen LogP contribution in [0.15, 0.2) is 22.7 Å². The van der Waals surface area contributed by atoms with Gasteiger partial charge in [0.05, 0.1) is 21.9 Å². The summed E-state index contributed by atoms with van der Waals surface area (Å²) in [6.45, 7) is 3.55. The summed E-state index contributed by atoms with van der Waals surface area (Å²) in [6, 6.07) is 2.56. The summed E-state index contributed by atoms with van der Waals surface area (Å²) in [7, 11) is 0. The third-order valence-electron chi connectivity index (χ3n) is 2.70. The average Bonchev–Trinajstić information content (AvgIpc) is 2.82. The summed E-state index contributed by atoms with van der Waals surface area (Å²) in [5.41, 5.74) is 6.20. The second-order valence-electron chi connectivity index (χ2n) is 4.36. The Hall–Kier alpha value is -1.72. The maximum atomic E-state index is 12.1. The van der Waals surface area contributed by atoms with E-state index in [4.69, 9.17) is 33.4 Å². The van der Waals surface area contributed by atoms with Crippen LogP contribution in [-0.4, -0.2) is 10.9 Å². The highest BCUT2D eigenvalue weighted by Crippen LogP contribution is 2.29. The van der Waals surface area contributed by atoms with Crippen LogP contribution in [0, 0.1) is 6.92 Å². The van der Waals surface area contributed by atoms with Crippen molar-refractivity contribution in [2.75, 3.05) is 5.73 Å². The third kappa shape index (κ3) is 3.05. The molecule has 0 bridgehead atoms. The van der Waals surface area contributed by atoms with Gasteiger partial charge in [-0.05, 0) is 26.0 Å². The molecule has 7 heteroatoms. The van der Waals surface area contributed by atoms with Crippen LogP contribution in [0.1, 0.15) is 35.0 Å². The van der Waals surface area contributed by atoms with Crippen LogP contribution >= 0.6 is 23.2 Å². The van der Waals surface area contributed by atoms with Crippen molar-refractivity contribution in [3.05, 3.63) is 45.6 Å². The van der Waals surface area contributed by atoms with Crippen LogP contribution in [0.2, 0.25) is 10.0 Å². The summed E-state index contributed by atoms with van der Waals surface area (Å²) >= 11 is 11.8. The van der Waals surface area contributed by atoms with Crippen molar-refractivity contribution in [1.82, 2.24) is 10.3 Å². The summed E-state index contributed by atoms with van der Waals surface area (Å²) in [6.07, 6.45) is 1.59. The number of hydrogen-bond donors (Lipinski definition) is 2. The van der Waals surface area contributed by atoms with E-state index in [-0.39, 0.29) is 27.7 Å². The monoisotopic (exact) mass is 313 g/mol. The first-order chi connectivity index (χ1) is 9.38. The molecule has 1 heterocycles. The lowest BCUT2D eigenvalue weighted by atomic mass is 10.2. The van der Waals surface area contributed by atoms with Gasteiger partial charge in [0, 0.05) is 5.56 Å². The van der Waals surface area contributed by atoms with Crippen molar-refractivity contribution in [3.8, 4) is 0 Å². The van der Waals surface area contributed by atoms with Gasteiger partial charge in [-0.15, -0.1) is 0 Å². The van der Waals surface area contributed by atoms with E-state index in [0.717, 1.165) is 0 Å². The standard InChI is InChI=1S/C13H13Cl2N3O2/c1-6-5-17-13(20-6)7(2)18-12(19)8-3-9(14)11(16)10(15)4-8/h3-5,7H,16H2,1-2H3,(H,18,19). The van der Waals surface area contributed by atoms with Gasteiger partial charge in [0.25, 0.3) is 5.91 Å². The topological polar surface area (TPSA) is 81.2 Å². The Morgan fingerprint density at radius 1 is 1.40 bits per heavy atom. The van der Waals surface area contributed by atoms with Gasteiger partial charge in [0.15, 0.2) is 0 Å². The molecule has 1 unspecified atom stereocenters. The summed E-state index contributed by atoms with van der Waals surface area (Å²) in [5.74, 6) is 0.778. The molecule has 0 spiro atoms. The molecule has 0 aliphatic rings. The molecule has 1 aromatic carbocycles. The molecular formula is C13H13Cl2N3O2. The number of aromatic nitrogens is 1. The number of halogens is 2. The molecule has 2 rings (SSSR count). The lowest BCUT2D eigenvalue weighted by molar-refractivity contribution is 0.0934. The van der Waals surface area contributed by atoms with Crippen LogP contribution < -0.4 is 11.1 Å². The van der Waals surface area contributed by atoms with Crippen LogP contribution in [0.4, 0.5) is 5.69 Å². The van der Waals surface area contributed by atoms with E-state index in [9.17, 15) is 4.79 Å². The van der Waals surface area contributed by atoms with Crippen LogP contribution in [0.25, 0.3) is 0 Å². The van der Waals surface area contributed by atoms with E-state index in [1.54, 1.807) is 20.0 Å². The molecular weight excluding hydrogens is 301 g/mol. The van der Waals surface area contributed by atoms with Crippen molar-refractivity contribution in [2.45, 2.75) is 19.9 Å². The van der Waals surface area contributed by atoms with E-state index < -0.39 is 0 Å². The molecule has 0 radical (unpaired) electrons. The highest BCUT2D eigenvalue weighted by atomic mass is 35.5. The quantitative estimate of drug-likeness (QED) is 0.851. The van der Waals surface area contributed by atoms with Crippen LogP contribution in [0.3, 0.4) is 0 Å². The number of aryl methyl sites for hydroxylation is 1. The second-order valence-corrected chi connectivity index (χ2v) is 5.17. The zero-order valence-corrected chi connectivity index (χ0v) is 12.4. The van der Waals surface area contributed by atoms with E-state index in [1.165, 1.54) is 12.1 Å². The fourth-order valence-electron chi connectivity index (χ4n) is 1.63. The highest BCUT2D eigenvalue weighted by molar-refractivity contribution is 6.39. The number of nitrogens with two attached hydrogens (primary N) is 1. The minimum absolute atomic E-state index is 0.238. The molecule has 5 nitrogen and oxygen atoms in total. The highest BCUT2D eigenvalue weighted by Gasteiger charge is 2.17. The van der Waals surface area contributed by atoms with Crippen molar-refractivity contribution in [2.24, 2.45) is 0 Å². The first-order valence-electron chi connectivity index (χ1n) is 5.86. The van der Waals surface area contributed by atoms with E-state index in [1.807, 2.05) is 0 Å². The van der Waals surface area contributed by atoms with Gasteiger partial charge < -0.3 is 15.5 Å². The summed E-state index contributed by atoms with van der Waals surface area (Å²) in [5, 5.41) is 3.22. The third-order valence-corrected chi connectivity index (χ3v) is 3.32. The number of nitrogens with zero attached hydrogens (tertiary/aromatic N) is 1. The number of rotatable bonds is 3. The molecule has 1 atom stereocenters. The maximum Gasteiger partial charge on any atom is 0.252 e. The molecule has 0 saturated carbocycles. The van der Waals surface area contributed by atoms with Crippen molar-refractivity contribution in [1.29, 1.82) is 0 Å². The summed E-state index contributed by atoms with van der Waals surface area (Å²) < 4.78 is 5.35. The van der Waals surface area contributed by atoms with Gasteiger partial charge in [0.1, 0.15) is 11.8 Å². The fourth-order valence-corrected chi connectivity index (χ4v) is 2.12. The molecule has 0 fully saturated rings. The first-order valence-corrected chi connectivity index (χ1v) is 6.61. The molecule has 20 heavy (non-hydrogen) atoms. The zero-order valence-electron chi connectivity index (χ0n) is 10.9. The minimum atomic E-state index is -0.369. The Labute approximate surface area is 126 Å². The number of anilines is 1. The average molecular weight is 314 g/mol. The maximum absolute atomic E-state index is 12.1. The number of nitrogens with one attached hydrogen (secondary N) is 1. The summed E-state index contributed by atoms with van der Waals surface area (Å²) in [4.78, 5) is 16.2. The molecule has 1 amide bonds. The molecule has 2 aromatic rings. The lowest BCUT2D eigenvalue weighted by Gasteiger charge is -2.11. The number of carbonyl (C=O) groups excluding carboxylic acids is 1. The van der Waals surface area contributed by atoms with Crippen LogP contribution in [0.5, 0.6) is 0 Å². The van der Waals surface area contributed by atoms with Gasteiger partial charge in [-0.2, -0.15) is 0 Å². The smallest absolute Gasteiger partial charge is 0.252 e. The lowest BCUT2D eigenvalue weighted by Crippen LogP contribution is -2.26. The van der Waals surface area contributed by atoms with E-state index in [2.05, 4.69) is 10.3 Å². The Balaban J connectivity index is 2.16. The number of oxazole rings is 1. The molecule has 3 N–H and O–H groups in total. The Kier molecular flexibility index (Phi) is 4.20. The molecule has 106 valence electrons. The predicted octanol–water partition coefficient (Wildman–Crippen LogP) is 3.36. The normalized spacial score (nSPS) is 12.2. The van der Waals surface area contributed by atoms with Crippen LogP contribution in [-0.2, 0) is 0 Å². The first kappa shape index (κ1) is 14.7. The van der Waals surface area contributed by atoms with Crippen molar-refractivity contribution >= 4 is 34.8 Å². The molecule has 1 aromatic heterocycles. The number of benzene rings is 1. The Bertz CT molecular complexity index is 632. The minimum Gasteiger partial charge on any atom is -0.444 e. The number of nitrogen functional groups attached to an aromatic ring is 1. The van der Waals surface area contributed by atoms with Gasteiger partial charge >= 0.3 is 0 Å². The van der Waals surface area contributed by atoms with Gasteiger partial charge in [-0.3, -0.25) is 4.79 Å². The second kappa shape index (κ2) is 5.73. The van der Waals surface area contributed by atoms with E-state index >= 15 is 0 Å². The SMILES string of the molecule is Cc1cnc(C(C)NC(=O)c2cc(Cl)c(N)c(Cl)c2)o1. The van der Waals surface area contributed by atoms with Gasteiger partial charge in [-0.25, -0.2) is 4.98 Å². The molecule has 0 aliphatic heterocycles. The number of carbonyl (C=O) groups is 1. The molecule has 0 saturated heterocycles. The number of hydrogen-bond acceptors (Lipinski definition) is 4. The van der Waals surface area contributed by atoms with Gasteiger partial charge in [-0.1, -0.05) is 23.2 Å². The predicted molar refractivity (Wildman–Crippen MR) is 78.0 cm³/mol. The van der Waals surface area contributed by atoms with Crippen molar-refractivity contribution < 1.29 is 9.21 Å². The zero-order chi connectivity index (χ0) is 14.9. The largest absolute Gasteiger partial charge is 0.444 e. The Morgan fingerprint density at radius 3 is 2.50 bits per heavy atom.